The number of pyridine rings is 1. The first-order valence-electron chi connectivity index (χ1n) is 5.79. The minimum absolute atomic E-state index is 0. The zero-order valence-electron chi connectivity index (χ0n) is 11.0. The van der Waals surface area contributed by atoms with Crippen LogP contribution in [-0.2, 0) is 12.7 Å². The number of rotatable bonds is 3. The number of aromatic nitrogens is 1. The highest BCUT2D eigenvalue weighted by atomic mass is 35.5. The maximum atomic E-state index is 13.6. The highest BCUT2D eigenvalue weighted by molar-refractivity contribution is 6.31. The third-order valence-corrected chi connectivity index (χ3v) is 3.03. The van der Waals surface area contributed by atoms with Crippen LogP contribution in [0.1, 0.15) is 11.3 Å². The Bertz CT molecular complexity index is 706. The van der Waals surface area contributed by atoms with E-state index in [4.69, 9.17) is 11.6 Å². The standard InChI is InChI=1S/C13H7ClF6N2.ClH/c14-10-7(15)1-2-9(11(10)17)21-4-6-3-8(16)12(22-5-6)13(18,19)20;/h1-3,5,21H,4H2;1H. The predicted molar refractivity (Wildman–Crippen MR) is 75.1 cm³/mol. The number of benzene rings is 1. The van der Waals surface area contributed by atoms with Crippen molar-refractivity contribution in [3.05, 3.63) is 58.1 Å². The van der Waals surface area contributed by atoms with Gasteiger partial charge in [0.05, 0.1) is 5.69 Å². The van der Waals surface area contributed by atoms with Crippen molar-refractivity contribution in [1.82, 2.24) is 4.98 Å². The molecular formula is C13H8Cl2F6N2. The molecule has 0 amide bonds. The molecule has 0 aliphatic heterocycles. The fraction of sp³-hybridized carbons (Fsp3) is 0.154. The van der Waals surface area contributed by atoms with Crippen LogP contribution in [0.5, 0.6) is 0 Å². The van der Waals surface area contributed by atoms with Gasteiger partial charge in [0.25, 0.3) is 0 Å². The Morgan fingerprint density at radius 3 is 2.30 bits per heavy atom. The average Bonchev–Trinajstić information content (AvgIpc) is 2.43. The molecule has 2 rings (SSSR count). The second-order valence-corrected chi connectivity index (χ2v) is 4.63. The zero-order chi connectivity index (χ0) is 16.5. The van der Waals surface area contributed by atoms with Gasteiger partial charge in [-0.25, -0.2) is 18.2 Å². The second-order valence-electron chi connectivity index (χ2n) is 4.25. The molecule has 0 unspecified atom stereocenters. The lowest BCUT2D eigenvalue weighted by Crippen LogP contribution is -2.12. The summed E-state index contributed by atoms with van der Waals surface area (Å²) in [6, 6.07) is 2.61. The van der Waals surface area contributed by atoms with E-state index in [1.165, 1.54) is 0 Å². The molecule has 1 aromatic carbocycles. The lowest BCUT2D eigenvalue weighted by atomic mass is 10.2. The van der Waals surface area contributed by atoms with Gasteiger partial charge < -0.3 is 5.32 Å². The third kappa shape index (κ3) is 4.42. The Labute approximate surface area is 137 Å². The van der Waals surface area contributed by atoms with E-state index in [1.807, 2.05) is 0 Å². The summed E-state index contributed by atoms with van der Waals surface area (Å²) in [7, 11) is 0. The number of alkyl halides is 3. The number of hydrogen-bond acceptors (Lipinski definition) is 2. The van der Waals surface area contributed by atoms with Crippen LogP contribution < -0.4 is 5.32 Å². The summed E-state index contributed by atoms with van der Waals surface area (Å²) < 4.78 is 76.9. The Kier molecular flexibility index (Phi) is 6.12. The predicted octanol–water partition coefficient (Wildman–Crippen LogP) is 5.21. The van der Waals surface area contributed by atoms with Gasteiger partial charge in [0.15, 0.2) is 17.3 Å². The average molecular weight is 377 g/mol. The van der Waals surface area contributed by atoms with E-state index in [1.54, 1.807) is 0 Å². The van der Waals surface area contributed by atoms with Gasteiger partial charge in [-0.05, 0) is 23.8 Å². The fourth-order valence-corrected chi connectivity index (χ4v) is 1.81. The Balaban J connectivity index is 0.00000264. The number of hydrogen-bond donors (Lipinski definition) is 1. The van der Waals surface area contributed by atoms with Crippen molar-refractivity contribution in [1.29, 1.82) is 0 Å². The molecule has 10 heteroatoms. The van der Waals surface area contributed by atoms with E-state index in [0.717, 1.165) is 18.3 Å². The summed E-state index contributed by atoms with van der Waals surface area (Å²) in [5.41, 5.74) is -1.76. The van der Waals surface area contributed by atoms with E-state index in [0.29, 0.717) is 6.07 Å². The van der Waals surface area contributed by atoms with Crippen LogP contribution in [-0.4, -0.2) is 4.98 Å². The van der Waals surface area contributed by atoms with Crippen LogP contribution in [0.4, 0.5) is 32.0 Å². The van der Waals surface area contributed by atoms with Crippen LogP contribution in [0.15, 0.2) is 24.4 Å². The molecule has 1 aromatic heterocycles. The van der Waals surface area contributed by atoms with Gasteiger partial charge in [-0.15, -0.1) is 12.4 Å². The van der Waals surface area contributed by atoms with Crippen LogP contribution >= 0.6 is 24.0 Å². The van der Waals surface area contributed by atoms with E-state index >= 15 is 0 Å². The van der Waals surface area contributed by atoms with E-state index in [2.05, 4.69) is 10.3 Å². The maximum absolute atomic E-state index is 13.6. The van der Waals surface area contributed by atoms with Crippen LogP contribution in [0.25, 0.3) is 0 Å². The second kappa shape index (κ2) is 7.27. The van der Waals surface area contributed by atoms with Gasteiger partial charge >= 0.3 is 6.18 Å². The molecule has 0 spiro atoms. The van der Waals surface area contributed by atoms with Gasteiger partial charge in [-0.3, -0.25) is 0 Å². The minimum Gasteiger partial charge on any atom is -0.378 e. The summed E-state index contributed by atoms with van der Waals surface area (Å²) in [6.45, 7) is -0.221. The van der Waals surface area contributed by atoms with Gasteiger partial charge in [0.2, 0.25) is 0 Å². The summed E-state index contributed by atoms with van der Waals surface area (Å²) >= 11 is 5.37. The van der Waals surface area contributed by atoms with Crippen molar-refractivity contribution < 1.29 is 26.3 Å². The molecule has 1 N–H and O–H groups in total. The lowest BCUT2D eigenvalue weighted by molar-refractivity contribution is -0.143. The van der Waals surface area contributed by atoms with E-state index in [-0.39, 0.29) is 30.2 Å². The molecule has 0 atom stereocenters. The molecule has 0 saturated heterocycles. The number of anilines is 1. The van der Waals surface area contributed by atoms with E-state index in [9.17, 15) is 26.3 Å². The topological polar surface area (TPSA) is 24.9 Å². The Hall–Kier alpha value is -1.67. The molecule has 1 heterocycles. The fourth-order valence-electron chi connectivity index (χ4n) is 1.64. The summed E-state index contributed by atoms with van der Waals surface area (Å²) in [4.78, 5) is 3.00. The SMILES string of the molecule is Cl.Fc1cc(CNc2ccc(F)c(Cl)c2F)cnc1C(F)(F)F. The highest BCUT2D eigenvalue weighted by Gasteiger charge is 2.36. The molecule has 0 aliphatic rings. The summed E-state index contributed by atoms with van der Waals surface area (Å²) in [5, 5.41) is 1.75. The first kappa shape index (κ1) is 19.4. The Morgan fingerprint density at radius 2 is 1.74 bits per heavy atom. The normalized spacial score (nSPS) is 11.1. The van der Waals surface area contributed by atoms with Gasteiger partial charge in [-0.1, -0.05) is 11.6 Å². The lowest BCUT2D eigenvalue weighted by Gasteiger charge is -2.11. The molecule has 0 aliphatic carbocycles. The highest BCUT2D eigenvalue weighted by Crippen LogP contribution is 2.30. The number of nitrogens with zero attached hydrogens (tertiary/aromatic N) is 1. The third-order valence-electron chi connectivity index (χ3n) is 2.68. The van der Waals surface area contributed by atoms with Crippen LogP contribution in [0, 0.1) is 17.5 Å². The van der Waals surface area contributed by atoms with E-state index < -0.39 is 34.3 Å². The van der Waals surface area contributed by atoms with Crippen molar-refractivity contribution in [3.63, 3.8) is 0 Å². The molecule has 126 valence electrons. The largest absolute Gasteiger partial charge is 0.436 e. The molecule has 2 nitrogen and oxygen atoms in total. The van der Waals surface area contributed by atoms with Gasteiger partial charge in [0.1, 0.15) is 10.8 Å². The quantitative estimate of drug-likeness (QED) is 0.587. The minimum atomic E-state index is -4.90. The summed E-state index contributed by atoms with van der Waals surface area (Å²) in [5.74, 6) is -3.54. The van der Waals surface area contributed by atoms with Crippen molar-refractivity contribution in [2.24, 2.45) is 0 Å². The van der Waals surface area contributed by atoms with Crippen molar-refractivity contribution >= 4 is 29.7 Å². The van der Waals surface area contributed by atoms with Crippen LogP contribution in [0.3, 0.4) is 0 Å². The first-order chi connectivity index (χ1) is 10.2. The first-order valence-corrected chi connectivity index (χ1v) is 6.17. The Morgan fingerprint density at radius 1 is 1.09 bits per heavy atom. The summed E-state index contributed by atoms with van der Waals surface area (Å²) in [6.07, 6.45) is -4.09. The monoisotopic (exact) mass is 376 g/mol. The smallest absolute Gasteiger partial charge is 0.378 e. The molecule has 0 radical (unpaired) electrons. The zero-order valence-corrected chi connectivity index (χ0v) is 12.6. The molecule has 0 bridgehead atoms. The number of halogens is 8. The number of nitrogens with one attached hydrogen (secondary N) is 1. The molecule has 2 aromatic rings. The van der Waals surface area contributed by atoms with Crippen molar-refractivity contribution in [3.8, 4) is 0 Å². The molecule has 0 saturated carbocycles. The van der Waals surface area contributed by atoms with Crippen molar-refractivity contribution in [2.75, 3.05) is 5.32 Å². The molecule has 0 fully saturated rings. The molecular weight excluding hydrogens is 369 g/mol. The van der Waals surface area contributed by atoms with Gasteiger partial charge in [0, 0.05) is 12.7 Å². The van der Waals surface area contributed by atoms with Crippen molar-refractivity contribution in [2.45, 2.75) is 12.7 Å². The van der Waals surface area contributed by atoms with Gasteiger partial charge in [-0.2, -0.15) is 13.2 Å². The maximum Gasteiger partial charge on any atom is 0.436 e. The molecule has 23 heavy (non-hydrogen) atoms. The van der Waals surface area contributed by atoms with Crippen LogP contribution in [0.2, 0.25) is 5.02 Å².